The van der Waals surface area contributed by atoms with Crippen LogP contribution >= 0.6 is 11.6 Å². The molecule has 160 valence electrons. The average Bonchev–Trinajstić information content (AvgIpc) is 2.75. The summed E-state index contributed by atoms with van der Waals surface area (Å²) >= 11 is 6.28. The van der Waals surface area contributed by atoms with Crippen LogP contribution in [0.2, 0.25) is 5.02 Å². The number of hydrogen-bond acceptors (Lipinski definition) is 4. The van der Waals surface area contributed by atoms with Crippen LogP contribution in [0.15, 0.2) is 53.7 Å². The minimum atomic E-state index is 0.00269. The first-order chi connectivity index (χ1) is 14.1. The SMILES string of the molecule is C=CN=C(/C=C\CC)C(c1ccc(Cl)cc1/C=C(\C)CO)N1CCNCC1.CC. The highest BCUT2D eigenvalue weighted by Gasteiger charge is 2.27. The maximum absolute atomic E-state index is 9.49. The summed E-state index contributed by atoms with van der Waals surface area (Å²) in [4.78, 5) is 7.04. The molecule has 0 aliphatic carbocycles. The van der Waals surface area contributed by atoms with Gasteiger partial charge in [0.05, 0.1) is 18.4 Å². The van der Waals surface area contributed by atoms with Gasteiger partial charge in [-0.3, -0.25) is 9.89 Å². The number of aliphatic hydroxyl groups excluding tert-OH is 1. The largest absolute Gasteiger partial charge is 0.392 e. The lowest BCUT2D eigenvalue weighted by atomic mass is 9.93. The lowest BCUT2D eigenvalue weighted by Gasteiger charge is -2.36. The summed E-state index contributed by atoms with van der Waals surface area (Å²) in [7, 11) is 0. The molecule has 0 radical (unpaired) electrons. The number of aliphatic hydroxyl groups is 1. The average molecular weight is 418 g/mol. The van der Waals surface area contributed by atoms with Crippen molar-refractivity contribution in [3.8, 4) is 0 Å². The van der Waals surface area contributed by atoms with Gasteiger partial charge >= 0.3 is 0 Å². The molecule has 1 aromatic rings. The molecule has 4 nitrogen and oxygen atoms in total. The Morgan fingerprint density at radius 2 is 2.03 bits per heavy atom. The first kappa shape index (κ1) is 25.3. The monoisotopic (exact) mass is 417 g/mol. The van der Waals surface area contributed by atoms with Crippen LogP contribution in [0.25, 0.3) is 6.08 Å². The molecule has 1 unspecified atom stereocenters. The highest BCUT2D eigenvalue weighted by Crippen LogP contribution is 2.30. The van der Waals surface area contributed by atoms with E-state index >= 15 is 0 Å². The number of benzene rings is 1. The van der Waals surface area contributed by atoms with Crippen molar-refractivity contribution in [2.75, 3.05) is 32.8 Å². The van der Waals surface area contributed by atoms with Crippen molar-refractivity contribution in [3.63, 3.8) is 0 Å². The summed E-state index contributed by atoms with van der Waals surface area (Å²) < 4.78 is 0. The second-order valence-corrected chi connectivity index (χ2v) is 7.09. The van der Waals surface area contributed by atoms with E-state index in [-0.39, 0.29) is 12.6 Å². The molecule has 1 aliphatic heterocycles. The molecule has 0 spiro atoms. The molecule has 2 N–H and O–H groups in total. The smallest absolute Gasteiger partial charge is 0.0783 e. The Hall–Kier alpha value is -1.72. The van der Waals surface area contributed by atoms with E-state index in [1.807, 2.05) is 39.0 Å². The van der Waals surface area contributed by atoms with E-state index in [1.54, 1.807) is 6.20 Å². The van der Waals surface area contributed by atoms with Crippen molar-refractivity contribution in [2.24, 2.45) is 4.99 Å². The topological polar surface area (TPSA) is 47.9 Å². The Labute approximate surface area is 181 Å². The molecule has 0 saturated carbocycles. The second-order valence-electron chi connectivity index (χ2n) is 6.66. The molecule has 5 heteroatoms. The van der Waals surface area contributed by atoms with Gasteiger partial charge in [0, 0.05) is 37.4 Å². The molecule has 1 heterocycles. The molecule has 0 amide bonds. The fourth-order valence-corrected chi connectivity index (χ4v) is 3.44. The Morgan fingerprint density at radius 3 is 2.62 bits per heavy atom. The third-order valence-electron chi connectivity index (χ3n) is 4.56. The molecule has 2 rings (SSSR count). The van der Waals surface area contributed by atoms with Crippen LogP contribution in [0.3, 0.4) is 0 Å². The van der Waals surface area contributed by atoms with E-state index in [0.717, 1.165) is 55.0 Å². The van der Waals surface area contributed by atoms with Crippen LogP contribution in [0.1, 0.15) is 51.3 Å². The first-order valence-electron chi connectivity index (χ1n) is 10.5. The summed E-state index contributed by atoms with van der Waals surface area (Å²) in [5.41, 5.74) is 4.01. The Morgan fingerprint density at radius 1 is 1.34 bits per heavy atom. The number of halogens is 1. The lowest BCUT2D eigenvalue weighted by molar-refractivity contribution is 0.214. The van der Waals surface area contributed by atoms with Crippen LogP contribution < -0.4 is 5.32 Å². The summed E-state index contributed by atoms with van der Waals surface area (Å²) in [6.45, 7) is 15.6. The van der Waals surface area contributed by atoms with Gasteiger partial charge in [-0.2, -0.15) is 0 Å². The van der Waals surface area contributed by atoms with E-state index in [2.05, 4.69) is 46.9 Å². The van der Waals surface area contributed by atoms with Crippen molar-refractivity contribution >= 4 is 23.4 Å². The number of nitrogens with zero attached hydrogens (tertiary/aromatic N) is 2. The minimum absolute atomic E-state index is 0.00269. The summed E-state index contributed by atoms with van der Waals surface area (Å²) in [5.74, 6) is 0. The Balaban J connectivity index is 0.00000204. The number of allylic oxidation sites excluding steroid dienone is 1. The zero-order valence-electron chi connectivity index (χ0n) is 18.3. The first-order valence-corrected chi connectivity index (χ1v) is 10.9. The zero-order chi connectivity index (χ0) is 21.6. The molecule has 1 fully saturated rings. The predicted octanol–water partition coefficient (Wildman–Crippen LogP) is 5.26. The quantitative estimate of drug-likeness (QED) is 0.567. The number of nitrogens with one attached hydrogen (secondary N) is 1. The molecule has 1 atom stereocenters. The van der Waals surface area contributed by atoms with Crippen LogP contribution in [-0.2, 0) is 0 Å². The van der Waals surface area contributed by atoms with Crippen LogP contribution in [0.4, 0.5) is 0 Å². The van der Waals surface area contributed by atoms with E-state index < -0.39 is 0 Å². The van der Waals surface area contributed by atoms with Gasteiger partial charge in [-0.15, -0.1) is 0 Å². The third-order valence-corrected chi connectivity index (χ3v) is 4.79. The van der Waals surface area contributed by atoms with Crippen LogP contribution in [-0.4, -0.2) is 48.5 Å². The number of piperazine rings is 1. The van der Waals surface area contributed by atoms with Gasteiger partial charge in [-0.1, -0.05) is 57.2 Å². The van der Waals surface area contributed by atoms with E-state index in [1.165, 1.54) is 0 Å². The molecular formula is C24H36ClN3O. The maximum Gasteiger partial charge on any atom is 0.0783 e. The Bertz CT molecular complexity index is 719. The minimum Gasteiger partial charge on any atom is -0.392 e. The fraction of sp³-hybridized carbons (Fsp3) is 0.458. The number of aliphatic imine (C=N–C) groups is 1. The summed E-state index contributed by atoms with van der Waals surface area (Å²) in [5, 5.41) is 13.6. The lowest BCUT2D eigenvalue weighted by Crippen LogP contribution is -2.47. The fourth-order valence-electron chi connectivity index (χ4n) is 3.26. The van der Waals surface area contributed by atoms with Crippen molar-refractivity contribution < 1.29 is 5.11 Å². The van der Waals surface area contributed by atoms with Crippen molar-refractivity contribution in [2.45, 2.75) is 40.2 Å². The Kier molecular flexibility index (Phi) is 12.5. The molecule has 0 bridgehead atoms. The second kappa shape index (κ2) is 14.3. The van der Waals surface area contributed by atoms with Gasteiger partial charge in [0.25, 0.3) is 0 Å². The standard InChI is InChI=1S/C22H30ClN3O.C2H6/c1-4-6-7-21(25-5-2)22(26-12-10-24-11-13-26)20-9-8-19(23)15-18(20)14-17(3)16-27;1-2/h5-9,14-15,22,24,27H,2,4,10-13,16H2,1,3H3;1-2H3/b7-6-,17-14+,25-21?;. The molecule has 1 aliphatic rings. The molecular weight excluding hydrogens is 382 g/mol. The van der Waals surface area contributed by atoms with Gasteiger partial charge in [0.15, 0.2) is 0 Å². The highest BCUT2D eigenvalue weighted by atomic mass is 35.5. The number of hydrogen-bond donors (Lipinski definition) is 2. The van der Waals surface area contributed by atoms with E-state index in [4.69, 9.17) is 11.6 Å². The molecule has 0 aromatic heterocycles. The third kappa shape index (κ3) is 7.90. The van der Waals surface area contributed by atoms with Gasteiger partial charge in [-0.25, -0.2) is 0 Å². The van der Waals surface area contributed by atoms with E-state index in [0.29, 0.717) is 5.02 Å². The van der Waals surface area contributed by atoms with Crippen LogP contribution in [0, 0.1) is 0 Å². The van der Waals surface area contributed by atoms with Gasteiger partial charge in [0.2, 0.25) is 0 Å². The van der Waals surface area contributed by atoms with Crippen molar-refractivity contribution in [1.82, 2.24) is 10.2 Å². The van der Waals surface area contributed by atoms with Gasteiger partial charge in [0.1, 0.15) is 0 Å². The number of rotatable bonds is 8. The van der Waals surface area contributed by atoms with Gasteiger partial charge < -0.3 is 10.4 Å². The van der Waals surface area contributed by atoms with Gasteiger partial charge in [-0.05, 0) is 48.3 Å². The normalized spacial score (nSPS) is 17.0. The predicted molar refractivity (Wildman–Crippen MR) is 128 cm³/mol. The zero-order valence-corrected chi connectivity index (χ0v) is 19.0. The molecule has 1 aromatic carbocycles. The van der Waals surface area contributed by atoms with Crippen molar-refractivity contribution in [3.05, 3.63) is 64.9 Å². The van der Waals surface area contributed by atoms with E-state index in [9.17, 15) is 5.11 Å². The molecule has 29 heavy (non-hydrogen) atoms. The summed E-state index contributed by atoms with van der Waals surface area (Å²) in [6.07, 6.45) is 8.78. The van der Waals surface area contributed by atoms with Crippen LogP contribution in [0.5, 0.6) is 0 Å². The highest BCUT2D eigenvalue weighted by molar-refractivity contribution is 6.30. The molecule has 1 saturated heterocycles. The van der Waals surface area contributed by atoms with Crippen molar-refractivity contribution in [1.29, 1.82) is 0 Å². The summed E-state index contributed by atoms with van der Waals surface area (Å²) in [6, 6.07) is 5.96. The maximum atomic E-state index is 9.49.